The van der Waals surface area contributed by atoms with Gasteiger partial charge in [-0.25, -0.2) is 9.59 Å². The van der Waals surface area contributed by atoms with Crippen molar-refractivity contribution < 1.29 is 29.3 Å². The van der Waals surface area contributed by atoms with Crippen molar-refractivity contribution in [3.8, 4) is 11.5 Å². The molecule has 0 saturated heterocycles. The largest absolute Gasteiger partial charge is 0.478 e. The van der Waals surface area contributed by atoms with Crippen LogP contribution in [0, 0.1) is 0 Å². The molecule has 0 aliphatic heterocycles. The number of anilines is 1. The number of carboxylic acids is 2. The van der Waals surface area contributed by atoms with Crippen molar-refractivity contribution in [2.45, 2.75) is 6.42 Å². The van der Waals surface area contributed by atoms with Crippen LogP contribution in [0.25, 0.3) is 0 Å². The van der Waals surface area contributed by atoms with Crippen LogP contribution >= 0.6 is 11.6 Å². The van der Waals surface area contributed by atoms with Gasteiger partial charge in [0.15, 0.2) is 0 Å². The van der Waals surface area contributed by atoms with Gasteiger partial charge in [-0.1, -0.05) is 23.7 Å². The Morgan fingerprint density at radius 3 is 2.00 bits per heavy atom. The third-order valence-corrected chi connectivity index (χ3v) is 4.36. The summed E-state index contributed by atoms with van der Waals surface area (Å²) in [5, 5.41) is 21.6. The number of halogens is 1. The molecule has 0 aromatic heterocycles. The summed E-state index contributed by atoms with van der Waals surface area (Å²) in [7, 11) is 0. The zero-order valence-corrected chi connectivity index (χ0v) is 16.2. The maximum absolute atomic E-state index is 12.2. The maximum Gasteiger partial charge on any atom is 0.336 e. The second kappa shape index (κ2) is 9.11. The highest BCUT2D eigenvalue weighted by atomic mass is 35.5. The first-order valence-electron chi connectivity index (χ1n) is 8.74. The van der Waals surface area contributed by atoms with Crippen LogP contribution in [0.2, 0.25) is 5.02 Å². The summed E-state index contributed by atoms with van der Waals surface area (Å²) in [5.41, 5.74) is 0.698. The monoisotopic (exact) mass is 425 g/mol. The molecule has 0 bridgehead atoms. The molecule has 0 radical (unpaired) electrons. The van der Waals surface area contributed by atoms with Crippen molar-refractivity contribution in [2.75, 3.05) is 5.32 Å². The Labute approximate surface area is 176 Å². The van der Waals surface area contributed by atoms with E-state index in [0.29, 0.717) is 16.5 Å². The lowest BCUT2D eigenvalue weighted by Crippen LogP contribution is -2.14. The van der Waals surface area contributed by atoms with Crippen LogP contribution < -0.4 is 10.1 Å². The molecule has 7 nitrogen and oxygen atoms in total. The number of hydrogen-bond acceptors (Lipinski definition) is 4. The van der Waals surface area contributed by atoms with Crippen LogP contribution in [0.3, 0.4) is 0 Å². The minimum atomic E-state index is -1.36. The lowest BCUT2D eigenvalue weighted by Gasteiger charge is -2.10. The number of hydrogen-bond donors (Lipinski definition) is 3. The maximum atomic E-state index is 12.2. The number of rotatable bonds is 7. The zero-order valence-electron chi connectivity index (χ0n) is 15.5. The SMILES string of the molecule is O=C(Cc1ccc(Cl)cc1)Nc1ccc(Oc2ccc(C(=O)O)c(C(=O)O)c2)cc1. The second-order valence-electron chi connectivity index (χ2n) is 6.30. The molecule has 3 N–H and O–H groups in total. The van der Waals surface area contributed by atoms with Crippen molar-refractivity contribution in [2.24, 2.45) is 0 Å². The normalized spacial score (nSPS) is 10.3. The Hall–Kier alpha value is -3.84. The molecule has 0 aliphatic carbocycles. The number of carboxylic acid groups (broad SMARTS) is 2. The Morgan fingerprint density at radius 2 is 1.40 bits per heavy atom. The number of amides is 1. The molecule has 3 aromatic carbocycles. The van der Waals surface area contributed by atoms with Gasteiger partial charge in [-0.2, -0.15) is 0 Å². The van der Waals surface area contributed by atoms with Crippen molar-refractivity contribution in [1.82, 2.24) is 0 Å². The molecule has 30 heavy (non-hydrogen) atoms. The van der Waals surface area contributed by atoms with Gasteiger partial charge in [0.05, 0.1) is 17.5 Å². The fraction of sp³-hybridized carbons (Fsp3) is 0.0455. The van der Waals surface area contributed by atoms with Gasteiger partial charge in [0.25, 0.3) is 0 Å². The van der Waals surface area contributed by atoms with Gasteiger partial charge < -0.3 is 20.3 Å². The second-order valence-corrected chi connectivity index (χ2v) is 6.73. The zero-order chi connectivity index (χ0) is 21.7. The van der Waals surface area contributed by atoms with Gasteiger partial charge >= 0.3 is 11.9 Å². The molecule has 0 aliphatic rings. The van der Waals surface area contributed by atoms with Gasteiger partial charge in [-0.15, -0.1) is 0 Å². The van der Waals surface area contributed by atoms with Gasteiger partial charge in [0.1, 0.15) is 11.5 Å². The molecule has 3 aromatic rings. The lowest BCUT2D eigenvalue weighted by molar-refractivity contribution is -0.115. The molecule has 0 atom stereocenters. The Bertz CT molecular complexity index is 1090. The minimum absolute atomic E-state index is 0.178. The average Bonchev–Trinajstić information content (AvgIpc) is 2.71. The number of nitrogens with one attached hydrogen (secondary N) is 1. The third-order valence-electron chi connectivity index (χ3n) is 4.10. The number of ether oxygens (including phenoxy) is 1. The predicted molar refractivity (Wildman–Crippen MR) is 111 cm³/mol. The summed E-state index contributed by atoms with van der Waals surface area (Å²) < 4.78 is 5.59. The molecule has 152 valence electrons. The van der Waals surface area contributed by atoms with Gasteiger partial charge in [-0.3, -0.25) is 4.79 Å². The van der Waals surface area contributed by atoms with Crippen LogP contribution in [-0.2, 0) is 11.2 Å². The van der Waals surface area contributed by atoms with Crippen LogP contribution in [0.4, 0.5) is 5.69 Å². The molecule has 1 amide bonds. The fourth-order valence-corrected chi connectivity index (χ4v) is 2.81. The van der Waals surface area contributed by atoms with Crippen LogP contribution in [-0.4, -0.2) is 28.1 Å². The lowest BCUT2D eigenvalue weighted by atomic mass is 10.1. The molecule has 0 fully saturated rings. The number of carbonyl (C=O) groups excluding carboxylic acids is 1. The third kappa shape index (κ3) is 5.36. The molecule has 8 heteroatoms. The quantitative estimate of drug-likeness (QED) is 0.505. The van der Waals surface area contributed by atoms with E-state index in [0.717, 1.165) is 11.6 Å². The summed E-state index contributed by atoms with van der Waals surface area (Å²) >= 11 is 5.83. The molecule has 3 rings (SSSR count). The van der Waals surface area contributed by atoms with Crippen LogP contribution in [0.1, 0.15) is 26.3 Å². The minimum Gasteiger partial charge on any atom is -0.478 e. The summed E-state index contributed by atoms with van der Waals surface area (Å²) in [6.45, 7) is 0. The summed E-state index contributed by atoms with van der Waals surface area (Å²) in [6, 6.07) is 17.2. The first-order valence-corrected chi connectivity index (χ1v) is 9.12. The first-order chi connectivity index (χ1) is 14.3. The topological polar surface area (TPSA) is 113 Å². The number of carbonyl (C=O) groups is 3. The molecular formula is C22H16ClNO6. The van der Waals surface area contributed by atoms with Gasteiger partial charge in [0.2, 0.25) is 5.91 Å². The van der Waals surface area contributed by atoms with E-state index < -0.39 is 11.9 Å². The van der Waals surface area contributed by atoms with Crippen LogP contribution in [0.5, 0.6) is 11.5 Å². The van der Waals surface area contributed by atoms with Crippen molar-refractivity contribution in [1.29, 1.82) is 0 Å². The Morgan fingerprint density at radius 1 is 0.800 bits per heavy atom. The summed E-state index contributed by atoms with van der Waals surface area (Å²) in [6.07, 6.45) is 0.198. The van der Waals surface area contributed by atoms with Crippen LogP contribution in [0.15, 0.2) is 66.7 Å². The van der Waals surface area contributed by atoms with Gasteiger partial charge in [-0.05, 0) is 60.2 Å². The number of aromatic carboxylic acids is 2. The molecular weight excluding hydrogens is 410 g/mol. The van der Waals surface area contributed by atoms with Crippen molar-refractivity contribution in [3.63, 3.8) is 0 Å². The van der Waals surface area contributed by atoms with E-state index in [9.17, 15) is 19.5 Å². The highest BCUT2D eigenvalue weighted by Crippen LogP contribution is 2.26. The Balaban J connectivity index is 1.65. The van der Waals surface area contributed by atoms with Gasteiger partial charge in [0, 0.05) is 10.7 Å². The smallest absolute Gasteiger partial charge is 0.336 e. The highest BCUT2D eigenvalue weighted by Gasteiger charge is 2.17. The standard InChI is InChI=1S/C22H16ClNO6/c23-14-3-1-13(2-4-14)11-20(25)24-15-5-7-16(8-6-15)30-17-9-10-18(21(26)27)19(12-17)22(28)29/h1-10,12H,11H2,(H,24,25)(H,26,27)(H,28,29). The van der Waals surface area contributed by atoms with E-state index in [1.807, 2.05) is 0 Å². The predicted octanol–water partition coefficient (Wildman–Crippen LogP) is 4.71. The number of benzene rings is 3. The first kappa shape index (κ1) is 20.9. The van der Waals surface area contributed by atoms with E-state index in [4.69, 9.17) is 21.4 Å². The molecule has 0 spiro atoms. The average molecular weight is 426 g/mol. The van der Waals surface area contributed by atoms with Crippen molar-refractivity contribution in [3.05, 3.63) is 88.4 Å². The fourth-order valence-electron chi connectivity index (χ4n) is 2.69. The molecule has 0 unspecified atom stereocenters. The van der Waals surface area contributed by atoms with Crippen molar-refractivity contribution >= 4 is 35.1 Å². The van der Waals surface area contributed by atoms with E-state index in [2.05, 4.69) is 5.32 Å². The Kier molecular flexibility index (Phi) is 6.34. The van der Waals surface area contributed by atoms with E-state index >= 15 is 0 Å². The van der Waals surface area contributed by atoms with E-state index in [1.54, 1.807) is 48.5 Å². The summed E-state index contributed by atoms with van der Waals surface area (Å²) in [4.78, 5) is 34.5. The molecule has 0 heterocycles. The highest BCUT2D eigenvalue weighted by molar-refractivity contribution is 6.30. The van der Waals surface area contributed by atoms with E-state index in [-0.39, 0.29) is 29.2 Å². The molecule has 0 saturated carbocycles. The van der Waals surface area contributed by atoms with E-state index in [1.165, 1.54) is 12.1 Å². The summed E-state index contributed by atoms with van der Waals surface area (Å²) in [5.74, 6) is -2.32.